The van der Waals surface area contributed by atoms with Crippen molar-refractivity contribution in [2.45, 2.75) is 102 Å². The van der Waals surface area contributed by atoms with Crippen molar-refractivity contribution in [2.24, 2.45) is 11.5 Å². The summed E-state index contributed by atoms with van der Waals surface area (Å²) in [5, 5.41) is 0.206. The molecule has 0 saturated carbocycles. The number of rotatable bonds is 17. The third-order valence-electron chi connectivity index (χ3n) is 4.22. The van der Waals surface area contributed by atoms with E-state index in [0.717, 1.165) is 5.75 Å². The normalized spacial score (nSPS) is 12.7. The van der Waals surface area contributed by atoms with Crippen molar-refractivity contribution in [3.63, 3.8) is 0 Å². The third kappa shape index (κ3) is 17.1. The Kier molecular flexibility index (Phi) is 18.3. The van der Waals surface area contributed by atoms with Crippen LogP contribution >= 0.6 is 23.5 Å². The van der Waals surface area contributed by atoms with E-state index in [1.807, 2.05) is 6.92 Å². The number of carbonyl (C=O) groups excluding carboxylic acids is 1. The smallest absolute Gasteiger partial charge is 0.199 e. The average molecular weight is 377 g/mol. The Balaban J connectivity index is 3.19. The van der Waals surface area contributed by atoms with Gasteiger partial charge in [-0.1, -0.05) is 96.2 Å². The first-order valence-electron chi connectivity index (χ1n) is 9.86. The van der Waals surface area contributed by atoms with Crippen molar-refractivity contribution >= 4 is 28.6 Å². The van der Waals surface area contributed by atoms with Gasteiger partial charge < -0.3 is 11.5 Å². The number of nitrogens with two attached hydrogens (primary N) is 2. The molecule has 1 unspecified atom stereocenters. The van der Waals surface area contributed by atoms with Crippen LogP contribution in [0.2, 0.25) is 0 Å². The lowest BCUT2D eigenvalue weighted by Gasteiger charge is -2.13. The van der Waals surface area contributed by atoms with Gasteiger partial charge in [-0.05, 0) is 12.2 Å². The average Bonchev–Trinajstić information content (AvgIpc) is 2.55. The number of unbranched alkanes of at least 4 members (excludes halogenated alkanes) is 11. The molecule has 0 aliphatic carbocycles. The van der Waals surface area contributed by atoms with Crippen LogP contribution in [0.4, 0.5) is 0 Å². The van der Waals surface area contributed by atoms with Gasteiger partial charge in [-0.2, -0.15) is 11.8 Å². The second kappa shape index (κ2) is 18.1. The molecule has 0 aliphatic rings. The molecule has 0 aromatic rings. The zero-order valence-electron chi connectivity index (χ0n) is 15.9. The summed E-state index contributed by atoms with van der Waals surface area (Å²) in [4.78, 5) is 11.7. The molecule has 0 radical (unpaired) electrons. The van der Waals surface area contributed by atoms with Gasteiger partial charge in [-0.15, -0.1) is 0 Å². The molecule has 0 spiro atoms. The molecule has 5 heteroatoms. The van der Waals surface area contributed by atoms with E-state index in [1.54, 1.807) is 11.8 Å². The molecule has 0 heterocycles. The van der Waals surface area contributed by atoms with Gasteiger partial charge in [0.1, 0.15) is 0 Å². The molecule has 0 aliphatic heterocycles. The van der Waals surface area contributed by atoms with Crippen LogP contribution in [0.5, 0.6) is 0 Å². The predicted octanol–water partition coefficient (Wildman–Crippen LogP) is 5.31. The Morgan fingerprint density at radius 1 is 0.833 bits per heavy atom. The zero-order valence-corrected chi connectivity index (χ0v) is 17.6. The summed E-state index contributed by atoms with van der Waals surface area (Å²) >= 11 is 3.03. The maximum Gasteiger partial charge on any atom is 0.199 e. The van der Waals surface area contributed by atoms with Crippen LogP contribution in [-0.4, -0.2) is 28.0 Å². The molecule has 3 nitrogen and oxygen atoms in total. The van der Waals surface area contributed by atoms with Gasteiger partial charge >= 0.3 is 0 Å². The first-order chi connectivity index (χ1) is 11.6. The van der Waals surface area contributed by atoms with Crippen LogP contribution in [0.15, 0.2) is 0 Å². The number of hydrogen-bond acceptors (Lipinski definition) is 5. The van der Waals surface area contributed by atoms with Crippen molar-refractivity contribution in [1.29, 1.82) is 0 Å². The molecule has 24 heavy (non-hydrogen) atoms. The van der Waals surface area contributed by atoms with Crippen LogP contribution in [0, 0.1) is 0 Å². The Morgan fingerprint density at radius 3 is 1.75 bits per heavy atom. The van der Waals surface area contributed by atoms with Crippen molar-refractivity contribution in [2.75, 3.05) is 11.5 Å². The number of thioether (sulfide) groups is 2. The molecule has 0 aromatic heterocycles. The van der Waals surface area contributed by atoms with Crippen LogP contribution in [0.1, 0.15) is 90.9 Å². The summed E-state index contributed by atoms with van der Waals surface area (Å²) in [5.74, 6) is 1.67. The van der Waals surface area contributed by atoms with Crippen molar-refractivity contribution < 1.29 is 4.79 Å². The van der Waals surface area contributed by atoms with Gasteiger partial charge in [0.15, 0.2) is 5.12 Å². The first-order valence-corrected chi connectivity index (χ1v) is 11.9. The maximum absolute atomic E-state index is 11.7. The highest BCUT2D eigenvalue weighted by atomic mass is 32.2. The fourth-order valence-corrected chi connectivity index (χ4v) is 4.33. The first kappa shape index (κ1) is 24.3. The van der Waals surface area contributed by atoms with E-state index in [-0.39, 0.29) is 10.4 Å². The lowest BCUT2D eigenvalue weighted by Crippen LogP contribution is -2.39. The minimum atomic E-state index is -0.416. The molecule has 0 rings (SSSR count). The van der Waals surface area contributed by atoms with E-state index >= 15 is 0 Å². The van der Waals surface area contributed by atoms with E-state index < -0.39 is 6.17 Å². The van der Waals surface area contributed by atoms with Gasteiger partial charge in [-0.3, -0.25) is 4.79 Å². The highest BCUT2D eigenvalue weighted by molar-refractivity contribution is 8.16. The van der Waals surface area contributed by atoms with Crippen LogP contribution in [0.25, 0.3) is 0 Å². The zero-order chi connectivity index (χ0) is 18.0. The van der Waals surface area contributed by atoms with Crippen LogP contribution in [-0.2, 0) is 4.79 Å². The largest absolute Gasteiger partial charge is 0.315 e. The quantitative estimate of drug-likeness (QED) is 0.266. The molecular weight excluding hydrogens is 336 g/mol. The Bertz CT molecular complexity index is 289. The van der Waals surface area contributed by atoms with Crippen LogP contribution in [0.3, 0.4) is 0 Å². The Morgan fingerprint density at radius 2 is 1.29 bits per heavy atom. The van der Waals surface area contributed by atoms with Crippen molar-refractivity contribution in [1.82, 2.24) is 0 Å². The van der Waals surface area contributed by atoms with Crippen molar-refractivity contribution in [3.8, 4) is 0 Å². The van der Waals surface area contributed by atoms with E-state index in [1.165, 1.54) is 88.8 Å². The van der Waals surface area contributed by atoms with E-state index in [0.29, 0.717) is 5.75 Å². The molecule has 0 bridgehead atoms. The van der Waals surface area contributed by atoms with Crippen molar-refractivity contribution in [3.05, 3.63) is 0 Å². The van der Waals surface area contributed by atoms with Gasteiger partial charge in [0, 0.05) is 5.25 Å². The summed E-state index contributed by atoms with van der Waals surface area (Å²) in [6.07, 6.45) is 16.1. The van der Waals surface area contributed by atoms with Gasteiger partial charge in [0.25, 0.3) is 0 Å². The van der Waals surface area contributed by atoms with Gasteiger partial charge in [0.2, 0.25) is 0 Å². The summed E-state index contributed by atoms with van der Waals surface area (Å²) in [7, 11) is 0. The lowest BCUT2D eigenvalue weighted by atomic mass is 10.1. The molecule has 0 saturated heterocycles. The molecular formula is C19H40N2OS2. The third-order valence-corrected chi connectivity index (χ3v) is 6.54. The number of hydrogen-bond donors (Lipinski definition) is 2. The number of carbonyl (C=O) groups is 1. The SMILES string of the molecule is CCCCCCCCCCCCCCSCC(=O)SC(C)C(N)N. The van der Waals surface area contributed by atoms with E-state index in [2.05, 4.69) is 6.92 Å². The fraction of sp³-hybridized carbons (Fsp3) is 0.947. The summed E-state index contributed by atoms with van der Waals surface area (Å²) in [6.45, 7) is 4.18. The second-order valence-corrected chi connectivity index (χ2v) is 9.25. The second-order valence-electron chi connectivity index (χ2n) is 6.71. The Labute approximate surface area is 158 Å². The van der Waals surface area contributed by atoms with Gasteiger partial charge in [0.05, 0.1) is 11.9 Å². The monoisotopic (exact) mass is 376 g/mol. The van der Waals surface area contributed by atoms with Crippen LogP contribution < -0.4 is 11.5 Å². The predicted molar refractivity (Wildman–Crippen MR) is 113 cm³/mol. The highest BCUT2D eigenvalue weighted by Crippen LogP contribution is 2.17. The minimum absolute atomic E-state index is 0.00439. The summed E-state index contributed by atoms with van der Waals surface area (Å²) in [6, 6.07) is 0. The molecule has 0 aromatic carbocycles. The molecule has 0 fully saturated rings. The molecule has 1 atom stereocenters. The van der Waals surface area contributed by atoms with E-state index in [9.17, 15) is 4.79 Å². The summed E-state index contributed by atoms with van der Waals surface area (Å²) in [5.41, 5.74) is 11.1. The standard InChI is InChI=1S/C19H40N2OS2/c1-3-4-5-6-7-8-9-10-11-12-13-14-15-23-16-18(22)24-17(2)19(20)21/h17,19H,3-16,20-21H2,1-2H3. The highest BCUT2D eigenvalue weighted by Gasteiger charge is 2.13. The topological polar surface area (TPSA) is 69.1 Å². The molecule has 144 valence electrons. The molecule has 4 N–H and O–H groups in total. The molecule has 0 amide bonds. The lowest BCUT2D eigenvalue weighted by molar-refractivity contribution is -0.108. The Hall–Kier alpha value is 0.290. The minimum Gasteiger partial charge on any atom is -0.315 e. The van der Waals surface area contributed by atoms with Gasteiger partial charge in [-0.25, -0.2) is 0 Å². The fourth-order valence-electron chi connectivity index (χ4n) is 2.52. The maximum atomic E-state index is 11.7. The summed E-state index contributed by atoms with van der Waals surface area (Å²) < 4.78 is 0. The van der Waals surface area contributed by atoms with E-state index in [4.69, 9.17) is 11.5 Å².